The van der Waals surface area contributed by atoms with Crippen molar-refractivity contribution < 1.29 is 52.7 Å². The van der Waals surface area contributed by atoms with Gasteiger partial charge in [0.15, 0.2) is 4.24 Å². The molecule has 31 heavy (non-hydrogen) atoms. The minimum Gasteiger partial charge on any atom is -0.496 e. The Hall–Kier alpha value is -2.42. The lowest BCUT2D eigenvalue weighted by Gasteiger charge is -2.19. The van der Waals surface area contributed by atoms with Gasteiger partial charge in [0.1, 0.15) is 11.5 Å². The van der Waals surface area contributed by atoms with E-state index in [1.165, 1.54) is 26.4 Å². The second-order valence-corrected chi connectivity index (χ2v) is 9.98. The van der Waals surface area contributed by atoms with Crippen LogP contribution >= 0.6 is 0 Å². The Bertz CT molecular complexity index is 1040. The first-order valence-corrected chi connectivity index (χ1v) is 10.8. The predicted octanol–water partition coefficient (Wildman–Crippen LogP) is 3.49. The molecule has 0 N–H and O–H groups in total. The maximum absolute atomic E-state index is 12.8. The first kappa shape index (κ1) is 26.6. The van der Waals surface area contributed by atoms with Gasteiger partial charge in [-0.2, -0.15) is 26.3 Å². The predicted molar refractivity (Wildman–Crippen MR) is 101 cm³/mol. The maximum atomic E-state index is 12.8. The number of anilines is 1. The Balaban J connectivity index is 3.71. The standard InChI is InChI=1S/C16H17F6NO6S2/c1-23(2)11-9-12(28-3)10(8-13(11)29-4)6-5-7-14(30(24,25)15(17,18)19)31(26,27)16(20,21)22/h5-9H,1-4H3/b6-5+. The lowest BCUT2D eigenvalue weighted by atomic mass is 10.1. The van der Waals surface area contributed by atoms with Crippen molar-refractivity contribution in [2.24, 2.45) is 0 Å². The minimum absolute atomic E-state index is 0.0503. The van der Waals surface area contributed by atoms with Gasteiger partial charge in [-0.15, -0.1) is 0 Å². The molecule has 15 heteroatoms. The summed E-state index contributed by atoms with van der Waals surface area (Å²) < 4.78 is 130. The van der Waals surface area contributed by atoms with Gasteiger partial charge in [0.25, 0.3) is 19.7 Å². The Morgan fingerprint density at radius 1 is 0.871 bits per heavy atom. The molecule has 0 fully saturated rings. The normalized spacial score (nSPS) is 13.2. The summed E-state index contributed by atoms with van der Waals surface area (Å²) >= 11 is 0. The van der Waals surface area contributed by atoms with Crippen molar-refractivity contribution in [1.82, 2.24) is 0 Å². The largest absolute Gasteiger partial charge is 0.502 e. The molecule has 1 aromatic rings. The van der Waals surface area contributed by atoms with Crippen LogP contribution in [-0.4, -0.2) is 56.2 Å². The summed E-state index contributed by atoms with van der Waals surface area (Å²) in [4.78, 5) is 1.62. The Morgan fingerprint density at radius 3 is 1.68 bits per heavy atom. The van der Waals surface area contributed by atoms with Crippen LogP contribution in [0.4, 0.5) is 32.0 Å². The Labute approximate surface area is 174 Å². The summed E-state index contributed by atoms with van der Waals surface area (Å²) in [7, 11) is -7.84. The molecule has 176 valence electrons. The summed E-state index contributed by atoms with van der Waals surface area (Å²) in [5.41, 5.74) is -12.0. The van der Waals surface area contributed by atoms with Crippen LogP contribution < -0.4 is 14.4 Å². The molecular formula is C16H17F6NO6S2. The summed E-state index contributed by atoms with van der Waals surface area (Å²) in [6, 6.07) is 2.73. The topological polar surface area (TPSA) is 90.0 Å². The molecular weight excluding hydrogens is 480 g/mol. The van der Waals surface area contributed by atoms with Crippen LogP contribution in [0.15, 0.2) is 28.5 Å². The van der Waals surface area contributed by atoms with Gasteiger partial charge in [-0.1, -0.05) is 12.2 Å². The molecule has 0 bridgehead atoms. The minimum atomic E-state index is -6.84. The van der Waals surface area contributed by atoms with Crippen molar-refractivity contribution in [2.45, 2.75) is 11.0 Å². The van der Waals surface area contributed by atoms with E-state index in [-0.39, 0.29) is 23.1 Å². The maximum Gasteiger partial charge on any atom is 0.502 e. The van der Waals surface area contributed by atoms with E-state index in [2.05, 4.69) is 0 Å². The SMILES string of the molecule is COc1cc(N(C)C)c(OC)cc1/C=C/C=C(S(=O)(=O)C(F)(F)F)S(=O)(=O)C(F)(F)F. The zero-order valence-corrected chi connectivity index (χ0v) is 18.0. The van der Waals surface area contributed by atoms with E-state index in [1.54, 1.807) is 19.0 Å². The number of halogens is 6. The number of alkyl halides is 6. The molecule has 0 atom stereocenters. The molecule has 0 aliphatic rings. The van der Waals surface area contributed by atoms with Crippen LogP contribution in [-0.2, 0) is 19.7 Å². The van der Waals surface area contributed by atoms with E-state index in [4.69, 9.17) is 9.47 Å². The van der Waals surface area contributed by atoms with Crippen LogP contribution in [0.25, 0.3) is 6.08 Å². The monoisotopic (exact) mass is 497 g/mol. The fraction of sp³-hybridized carbons (Fsp3) is 0.375. The lowest BCUT2D eigenvalue weighted by Crippen LogP contribution is -2.34. The summed E-state index contributed by atoms with van der Waals surface area (Å²) in [6.45, 7) is 0. The molecule has 0 unspecified atom stereocenters. The molecule has 7 nitrogen and oxygen atoms in total. The van der Waals surface area contributed by atoms with Crippen molar-refractivity contribution in [3.05, 3.63) is 34.1 Å². The fourth-order valence-electron chi connectivity index (χ4n) is 2.17. The molecule has 0 aliphatic carbocycles. The lowest BCUT2D eigenvalue weighted by molar-refractivity contribution is -0.0444. The molecule has 0 amide bonds. The van der Waals surface area contributed by atoms with Crippen molar-refractivity contribution in [2.75, 3.05) is 33.2 Å². The number of hydrogen-bond acceptors (Lipinski definition) is 7. The van der Waals surface area contributed by atoms with E-state index in [0.29, 0.717) is 11.8 Å². The number of allylic oxidation sites excluding steroid dienone is 2. The van der Waals surface area contributed by atoms with Crippen LogP contribution in [0.5, 0.6) is 11.5 Å². The van der Waals surface area contributed by atoms with Gasteiger partial charge in [-0.3, -0.25) is 0 Å². The number of ether oxygens (including phenoxy) is 2. The third kappa shape index (κ3) is 5.44. The number of sulfone groups is 2. The van der Waals surface area contributed by atoms with Crippen molar-refractivity contribution in [3.63, 3.8) is 0 Å². The van der Waals surface area contributed by atoms with E-state index in [0.717, 1.165) is 6.08 Å². The molecule has 1 aromatic carbocycles. The zero-order chi connectivity index (χ0) is 24.4. The molecule has 0 aliphatic heterocycles. The van der Waals surface area contributed by atoms with Crippen LogP contribution in [0.3, 0.4) is 0 Å². The molecule has 0 heterocycles. The Morgan fingerprint density at radius 2 is 1.32 bits per heavy atom. The molecule has 1 rings (SSSR count). The van der Waals surface area contributed by atoms with E-state index in [9.17, 15) is 43.2 Å². The second kappa shape index (κ2) is 8.98. The van der Waals surface area contributed by atoms with Gasteiger partial charge in [0.05, 0.1) is 19.9 Å². The summed E-state index contributed by atoms with van der Waals surface area (Å²) in [5, 5.41) is 0. The average molecular weight is 497 g/mol. The van der Waals surface area contributed by atoms with Gasteiger partial charge in [-0.05, 0) is 12.1 Å². The van der Waals surface area contributed by atoms with Crippen molar-refractivity contribution in [3.8, 4) is 11.5 Å². The van der Waals surface area contributed by atoms with Gasteiger partial charge in [0.2, 0.25) is 0 Å². The molecule has 0 aromatic heterocycles. The fourth-order valence-corrected chi connectivity index (χ4v) is 4.86. The number of benzene rings is 1. The quantitative estimate of drug-likeness (QED) is 0.421. The number of methoxy groups -OCH3 is 2. The highest BCUT2D eigenvalue weighted by Crippen LogP contribution is 2.39. The number of rotatable bonds is 7. The molecule has 0 spiro atoms. The van der Waals surface area contributed by atoms with Gasteiger partial charge < -0.3 is 14.4 Å². The van der Waals surface area contributed by atoms with Crippen LogP contribution in [0, 0.1) is 0 Å². The number of hydrogen-bond donors (Lipinski definition) is 0. The second-order valence-electron chi connectivity index (χ2n) is 5.90. The molecule has 0 saturated carbocycles. The Kier molecular flexibility index (Phi) is 7.71. The van der Waals surface area contributed by atoms with Crippen LogP contribution in [0.2, 0.25) is 0 Å². The molecule has 0 saturated heterocycles. The van der Waals surface area contributed by atoms with Crippen molar-refractivity contribution in [1.29, 1.82) is 0 Å². The number of nitrogens with zero attached hydrogens (tertiary/aromatic N) is 1. The first-order valence-electron chi connectivity index (χ1n) is 7.86. The highest BCUT2D eigenvalue weighted by atomic mass is 32.3. The van der Waals surface area contributed by atoms with E-state index >= 15 is 0 Å². The smallest absolute Gasteiger partial charge is 0.496 e. The van der Waals surface area contributed by atoms with E-state index < -0.39 is 34.9 Å². The van der Waals surface area contributed by atoms with Crippen molar-refractivity contribution >= 4 is 31.4 Å². The van der Waals surface area contributed by atoms with Gasteiger partial charge in [-0.25, -0.2) is 16.8 Å². The van der Waals surface area contributed by atoms with Gasteiger partial charge in [0, 0.05) is 25.7 Å². The molecule has 0 radical (unpaired) electrons. The third-order valence-electron chi connectivity index (χ3n) is 3.66. The highest BCUT2D eigenvalue weighted by Gasteiger charge is 2.59. The average Bonchev–Trinajstić information content (AvgIpc) is 2.61. The summed E-state index contributed by atoms with van der Waals surface area (Å²) in [5.74, 6) is 0.327. The zero-order valence-electron chi connectivity index (χ0n) is 16.4. The third-order valence-corrected chi connectivity index (χ3v) is 7.53. The van der Waals surface area contributed by atoms with Gasteiger partial charge >= 0.3 is 11.0 Å². The first-order chi connectivity index (χ1) is 13.9. The van der Waals surface area contributed by atoms with Crippen LogP contribution in [0.1, 0.15) is 5.56 Å². The van der Waals surface area contributed by atoms with E-state index in [1.807, 2.05) is 0 Å². The summed E-state index contributed by atoms with van der Waals surface area (Å²) in [6.07, 6.45) is 0.977. The highest BCUT2D eigenvalue weighted by molar-refractivity contribution is 8.15.